The lowest BCUT2D eigenvalue weighted by Crippen LogP contribution is -2.66. The zero-order valence-corrected chi connectivity index (χ0v) is 57.5. The van der Waals surface area contributed by atoms with Crippen molar-refractivity contribution in [1.29, 1.82) is 0 Å². The van der Waals surface area contributed by atoms with Crippen LogP contribution in [0, 0.1) is 45.3 Å². The van der Waals surface area contributed by atoms with Gasteiger partial charge in [0.05, 0.1) is 57.5 Å². The SMILES string of the molecule is C[C@H](CC[C@@H](O[C@@H]1O[C@H](CO[C@@H]2O[C@H](CO)[C@@H](O)[C@H](O)[C@H]2O)[C@@H](O)[C@H](O)[C@H]1O[C@H]1O[C@@H](CO)[C@H](O)[C@@H](O)[C@@H]1O)C(C)(C)O)C1CC[C@@]2(C)C3CC=C4C(CC[C@H](O[C@@H]5O[C@H](CO[C@@H]6O[C@H](CO)[C@@H](O)[C@H](O)[C@H]6O)[C@@H](O)[C@H](O)[C@H]5O[C@H]5O[C@@H](CO)[C@H](O)[C@@H](O)[C@@H]5O)C4(C)C)[C@]3(C)C(=O)C[C@]12C. The lowest BCUT2D eigenvalue weighted by atomic mass is 9.38. The molecule has 6 saturated heterocycles. The summed E-state index contributed by atoms with van der Waals surface area (Å²) in [7, 11) is 0. The molecule has 6 aliphatic heterocycles. The fraction of sp³-hybridized carbons (Fsp3) is 0.955. The Morgan fingerprint density at radius 2 is 0.880 bits per heavy atom. The third kappa shape index (κ3) is 14.7. The first-order chi connectivity index (χ1) is 46.9. The van der Waals surface area contributed by atoms with E-state index in [1.807, 2.05) is 13.8 Å². The fourth-order valence-electron chi connectivity index (χ4n) is 18.2. The van der Waals surface area contributed by atoms with Crippen molar-refractivity contribution in [2.45, 2.75) is 309 Å². The topological polar surface area (TPSA) is 553 Å². The smallest absolute Gasteiger partial charge is 0.187 e. The van der Waals surface area contributed by atoms with Crippen molar-refractivity contribution in [2.24, 2.45) is 45.3 Å². The van der Waals surface area contributed by atoms with Gasteiger partial charge >= 0.3 is 0 Å². The molecule has 10 rings (SSSR count). The number of ether oxygens (including phenoxy) is 12. The predicted molar refractivity (Wildman–Crippen MR) is 332 cm³/mol. The van der Waals surface area contributed by atoms with E-state index in [1.165, 1.54) is 13.8 Å². The number of carbonyl (C=O) groups is 1. The van der Waals surface area contributed by atoms with Crippen LogP contribution in [0.3, 0.4) is 0 Å². The summed E-state index contributed by atoms with van der Waals surface area (Å²) in [5.41, 5.74) is -3.50. The monoisotopic (exact) mass is 1450 g/mol. The predicted octanol–water partition coefficient (Wildman–Crippen LogP) is -7.38. The molecule has 0 spiro atoms. The van der Waals surface area contributed by atoms with Crippen molar-refractivity contribution in [3.8, 4) is 0 Å². The minimum Gasteiger partial charge on any atom is -0.394 e. The fourth-order valence-corrected chi connectivity index (χ4v) is 18.2. The molecular weight excluding hydrogens is 1340 g/mol. The quantitative estimate of drug-likeness (QED) is 0.0423. The second-order valence-corrected chi connectivity index (χ2v) is 31.3. The van der Waals surface area contributed by atoms with Gasteiger partial charge in [0.15, 0.2) is 37.7 Å². The number of ketones is 1. The first-order valence-electron chi connectivity index (χ1n) is 34.9. The van der Waals surface area contributed by atoms with Crippen LogP contribution < -0.4 is 0 Å². The van der Waals surface area contributed by atoms with E-state index >= 15 is 4.79 Å². The number of aliphatic hydroxyl groups is 21. The first-order valence-corrected chi connectivity index (χ1v) is 34.9. The van der Waals surface area contributed by atoms with Crippen LogP contribution in [0.4, 0.5) is 0 Å². The van der Waals surface area contributed by atoms with Crippen molar-refractivity contribution in [2.75, 3.05) is 39.6 Å². The van der Waals surface area contributed by atoms with E-state index in [0.29, 0.717) is 25.7 Å². The molecule has 0 aromatic heterocycles. The van der Waals surface area contributed by atoms with Gasteiger partial charge in [-0.3, -0.25) is 4.79 Å². The molecule has 6 heterocycles. The van der Waals surface area contributed by atoms with E-state index in [1.54, 1.807) is 0 Å². The molecule has 0 bridgehead atoms. The Balaban J connectivity index is 0.853. The maximum Gasteiger partial charge on any atom is 0.187 e. The van der Waals surface area contributed by atoms with E-state index in [2.05, 4.69) is 33.8 Å². The van der Waals surface area contributed by atoms with Gasteiger partial charge in [-0.1, -0.05) is 53.2 Å². The average Bonchev–Trinajstić information content (AvgIpc) is 1.33. The van der Waals surface area contributed by atoms with Gasteiger partial charge in [-0.05, 0) is 93.3 Å². The Labute approximate surface area is 578 Å². The van der Waals surface area contributed by atoms with Gasteiger partial charge in [-0.25, -0.2) is 0 Å². The zero-order valence-electron chi connectivity index (χ0n) is 57.5. The summed E-state index contributed by atoms with van der Waals surface area (Å²) >= 11 is 0. The highest BCUT2D eigenvalue weighted by Gasteiger charge is 2.71. The van der Waals surface area contributed by atoms with Gasteiger partial charge < -0.3 is 164 Å². The summed E-state index contributed by atoms with van der Waals surface area (Å²) < 4.78 is 71.8. The molecule has 578 valence electrons. The van der Waals surface area contributed by atoms with E-state index in [0.717, 1.165) is 18.4 Å². The van der Waals surface area contributed by atoms with Crippen molar-refractivity contribution >= 4 is 5.78 Å². The molecule has 4 aliphatic carbocycles. The van der Waals surface area contributed by atoms with Gasteiger partial charge in [0.25, 0.3) is 0 Å². The Morgan fingerprint density at radius 1 is 0.480 bits per heavy atom. The Morgan fingerprint density at radius 3 is 1.32 bits per heavy atom. The van der Waals surface area contributed by atoms with Crippen LogP contribution in [0.1, 0.15) is 107 Å². The Bertz CT molecular complexity index is 2720. The molecule has 0 aromatic rings. The van der Waals surface area contributed by atoms with E-state index in [9.17, 15) is 107 Å². The Kier molecular flexibility index (Phi) is 25.3. The summed E-state index contributed by atoms with van der Waals surface area (Å²) in [4.78, 5) is 15.6. The van der Waals surface area contributed by atoms with Gasteiger partial charge in [0.1, 0.15) is 152 Å². The maximum atomic E-state index is 15.6. The number of hydrogen-bond donors (Lipinski definition) is 21. The van der Waals surface area contributed by atoms with Crippen molar-refractivity contribution < 1.29 is 169 Å². The molecule has 3 unspecified atom stereocenters. The van der Waals surface area contributed by atoms with Crippen LogP contribution in [0.25, 0.3) is 0 Å². The molecule has 0 aromatic carbocycles. The lowest BCUT2D eigenvalue weighted by molar-refractivity contribution is -0.380. The van der Waals surface area contributed by atoms with Crippen LogP contribution in [0.2, 0.25) is 0 Å². The highest BCUT2D eigenvalue weighted by molar-refractivity contribution is 5.88. The van der Waals surface area contributed by atoms with E-state index in [-0.39, 0.29) is 42.3 Å². The van der Waals surface area contributed by atoms with Gasteiger partial charge in [-0.2, -0.15) is 0 Å². The first kappa shape index (κ1) is 80.6. The maximum absolute atomic E-state index is 15.6. The van der Waals surface area contributed by atoms with Gasteiger partial charge in [0, 0.05) is 17.3 Å². The lowest BCUT2D eigenvalue weighted by Gasteiger charge is -2.65. The molecular formula is C66H110O34. The molecule has 39 atom stereocenters. The minimum absolute atomic E-state index is 0.0533. The molecule has 34 heteroatoms. The number of fused-ring (bicyclic) bond motifs is 5. The molecule has 21 N–H and O–H groups in total. The summed E-state index contributed by atoms with van der Waals surface area (Å²) in [6.07, 6.45) is -48.7. The number of rotatable bonds is 23. The zero-order chi connectivity index (χ0) is 73.5. The molecule has 3 saturated carbocycles. The van der Waals surface area contributed by atoms with Crippen LogP contribution in [0.15, 0.2) is 11.6 Å². The summed E-state index contributed by atoms with van der Waals surface area (Å²) in [5.74, 6) is -0.546. The molecule has 10 aliphatic rings. The normalized spacial score (nSPS) is 51.3. The van der Waals surface area contributed by atoms with Gasteiger partial charge in [0.2, 0.25) is 0 Å². The van der Waals surface area contributed by atoms with Crippen LogP contribution in [-0.2, 0) is 61.6 Å². The second kappa shape index (κ2) is 31.4. The number of hydrogen-bond acceptors (Lipinski definition) is 34. The molecule has 0 radical (unpaired) electrons. The third-order valence-corrected chi connectivity index (χ3v) is 24.7. The second-order valence-electron chi connectivity index (χ2n) is 31.3. The number of aliphatic hydroxyl groups excluding tert-OH is 20. The molecule has 100 heavy (non-hydrogen) atoms. The standard InChI is InChI=1S/C66H110O34/c1-24(9-13-37(63(4,5)88)98-61-55(100-59-53(87)47(81)41(75)31(21-70)94-59)49(83)43(77)33(96-61)23-90-57-51(85)45(79)39(73)29(19-68)92-57)25-15-16-64(6)34-12-10-26-27(66(34,8)35(71)17-65(25,64)7)11-14-36(62(26,2)3)97-60-54(99-58-52(86)46(80)40(74)30(20-69)93-58)48(82)42(76)32(95-60)22-89-56-50(84)44(78)38(72)28(18-67)91-56/h10,24-25,27-34,36-61,67-70,72-88H,9,11-23H2,1-8H3/t24-,25?,27?,28-,29-,30+,31+,32-,33-,34?,36+,37-,38-,39-,40+,41+,42-,43-,44+,45+,46-,47-,48+,49+,50-,51-,52+,53+,54-,55-,56-,57-,58-,59-,60+,61+,64+,65-,66+/m1/s1. The summed E-state index contributed by atoms with van der Waals surface area (Å²) in [6, 6.07) is 0. The minimum atomic E-state index is -1.99. The average molecular weight is 1450 g/mol. The highest BCUT2D eigenvalue weighted by atomic mass is 16.8. The van der Waals surface area contributed by atoms with Crippen molar-refractivity contribution in [3.63, 3.8) is 0 Å². The summed E-state index contributed by atoms with van der Waals surface area (Å²) in [5, 5.41) is 226. The molecule has 34 nitrogen and oxygen atoms in total. The van der Waals surface area contributed by atoms with Crippen LogP contribution in [-0.4, -0.2) is 355 Å². The van der Waals surface area contributed by atoms with Crippen LogP contribution in [0.5, 0.6) is 0 Å². The van der Waals surface area contributed by atoms with Crippen molar-refractivity contribution in [3.05, 3.63) is 11.6 Å². The van der Waals surface area contributed by atoms with E-state index < -0.39 is 263 Å². The number of allylic oxidation sites excluding steroid dienone is 1. The largest absolute Gasteiger partial charge is 0.394 e. The molecule has 9 fully saturated rings. The summed E-state index contributed by atoms with van der Waals surface area (Å²) in [6.45, 7) is 10.9. The number of Topliss-reactive ketones (excluding diaryl/α,β-unsaturated/α-hetero) is 1. The highest BCUT2D eigenvalue weighted by Crippen LogP contribution is 2.74. The third-order valence-electron chi connectivity index (χ3n) is 24.7. The Hall–Kier alpha value is -1.91. The number of carbonyl (C=O) groups excluding carboxylic acids is 1. The van der Waals surface area contributed by atoms with E-state index in [4.69, 9.17) is 56.8 Å². The van der Waals surface area contributed by atoms with Crippen LogP contribution >= 0.6 is 0 Å². The van der Waals surface area contributed by atoms with Gasteiger partial charge in [-0.15, -0.1) is 0 Å². The van der Waals surface area contributed by atoms with Crippen molar-refractivity contribution in [1.82, 2.24) is 0 Å². The molecule has 0 amide bonds.